The first-order valence-electron chi connectivity index (χ1n) is 6.21. The Hall–Kier alpha value is -0.110. The van der Waals surface area contributed by atoms with Gasteiger partial charge in [-0.3, -0.25) is 4.68 Å². The van der Waals surface area contributed by atoms with Gasteiger partial charge in [0.15, 0.2) is 5.03 Å². The van der Waals surface area contributed by atoms with Gasteiger partial charge >= 0.3 is 0 Å². The van der Waals surface area contributed by atoms with Crippen LogP contribution in [0.2, 0.25) is 5.02 Å². The highest BCUT2D eigenvalue weighted by atomic mass is 79.9. The minimum absolute atomic E-state index is 0.0281. The second-order valence-corrected chi connectivity index (χ2v) is 8.29. The van der Waals surface area contributed by atoms with Crippen molar-refractivity contribution in [3.63, 3.8) is 0 Å². The summed E-state index contributed by atoms with van der Waals surface area (Å²) in [6.45, 7) is 0.450. The molecule has 1 aliphatic carbocycles. The number of aryl methyl sites for hydroxylation is 1. The maximum Gasteiger partial charge on any atom is 0.259 e. The number of alkyl halides is 1. The fraction of sp³-hybridized carbons (Fsp3) is 0.727. The molecule has 0 radical (unpaired) electrons. The third-order valence-corrected chi connectivity index (χ3v) is 6.14. The molecular weight excluding hydrogens is 354 g/mol. The Kier molecular flexibility index (Phi) is 4.92. The molecule has 1 saturated carbocycles. The number of hydrogen-bond donors (Lipinski definition) is 1. The van der Waals surface area contributed by atoms with Crippen molar-refractivity contribution < 1.29 is 8.42 Å². The molecule has 1 aromatic heterocycles. The number of aromatic nitrogens is 2. The molecule has 8 heteroatoms. The molecule has 2 rings (SSSR count). The highest BCUT2D eigenvalue weighted by molar-refractivity contribution is 9.09. The molecule has 1 aliphatic rings. The van der Waals surface area contributed by atoms with Crippen molar-refractivity contribution in [3.8, 4) is 0 Å². The van der Waals surface area contributed by atoms with Crippen molar-refractivity contribution in [2.75, 3.05) is 6.54 Å². The number of nitrogens with one attached hydrogen (secondary N) is 1. The lowest BCUT2D eigenvalue weighted by Crippen LogP contribution is -2.33. The van der Waals surface area contributed by atoms with Crippen LogP contribution in [0, 0.1) is 5.92 Å². The topological polar surface area (TPSA) is 64.0 Å². The van der Waals surface area contributed by atoms with Gasteiger partial charge < -0.3 is 0 Å². The first kappa shape index (κ1) is 15.3. The first-order chi connectivity index (χ1) is 8.90. The highest BCUT2D eigenvalue weighted by Gasteiger charge is 2.25. The lowest BCUT2D eigenvalue weighted by atomic mass is 9.89. The Morgan fingerprint density at radius 1 is 1.58 bits per heavy atom. The molecule has 0 saturated heterocycles. The van der Waals surface area contributed by atoms with Gasteiger partial charge in [0.25, 0.3) is 10.0 Å². The van der Waals surface area contributed by atoms with Crippen LogP contribution in [0.1, 0.15) is 25.7 Å². The van der Waals surface area contributed by atoms with Crippen molar-refractivity contribution in [2.45, 2.75) is 35.5 Å². The zero-order valence-electron chi connectivity index (χ0n) is 10.6. The molecule has 1 aromatic rings. The van der Waals surface area contributed by atoms with Crippen molar-refractivity contribution in [3.05, 3.63) is 11.2 Å². The van der Waals surface area contributed by atoms with E-state index in [4.69, 9.17) is 11.6 Å². The molecule has 0 aliphatic heterocycles. The molecular formula is C11H17BrClN3O2S. The van der Waals surface area contributed by atoms with E-state index in [1.54, 1.807) is 7.05 Å². The zero-order valence-corrected chi connectivity index (χ0v) is 13.8. The van der Waals surface area contributed by atoms with E-state index in [2.05, 4.69) is 25.8 Å². The summed E-state index contributed by atoms with van der Waals surface area (Å²) in [6, 6.07) is 0. The van der Waals surface area contributed by atoms with Gasteiger partial charge in [0.1, 0.15) is 0 Å². The van der Waals surface area contributed by atoms with E-state index < -0.39 is 10.0 Å². The standard InChI is InChI=1S/C11H17BrClN3O2S/c1-16-11(10(13)7-14-16)19(17,18)15-6-8-3-2-4-9(12)5-8/h7-9,15H,2-6H2,1H3. The lowest BCUT2D eigenvalue weighted by molar-refractivity contribution is 0.367. The van der Waals surface area contributed by atoms with Crippen LogP contribution in [0.15, 0.2) is 11.2 Å². The van der Waals surface area contributed by atoms with Crippen LogP contribution in [0.25, 0.3) is 0 Å². The Bertz CT molecular complexity index is 527. The summed E-state index contributed by atoms with van der Waals surface area (Å²) in [6.07, 6.45) is 5.70. The smallest absolute Gasteiger partial charge is 0.255 e. The van der Waals surface area contributed by atoms with Gasteiger partial charge in [0.05, 0.1) is 11.2 Å². The number of sulfonamides is 1. The van der Waals surface area contributed by atoms with Crippen LogP contribution in [-0.2, 0) is 17.1 Å². The van der Waals surface area contributed by atoms with E-state index in [1.807, 2.05) is 0 Å². The quantitative estimate of drug-likeness (QED) is 0.827. The van der Waals surface area contributed by atoms with Gasteiger partial charge in [-0.2, -0.15) is 5.10 Å². The summed E-state index contributed by atoms with van der Waals surface area (Å²) >= 11 is 9.46. The van der Waals surface area contributed by atoms with Crippen molar-refractivity contribution in [2.24, 2.45) is 13.0 Å². The molecule has 1 N–H and O–H groups in total. The monoisotopic (exact) mass is 369 g/mol. The number of nitrogens with zero attached hydrogens (tertiary/aromatic N) is 2. The fourth-order valence-corrected chi connectivity index (χ4v) is 5.03. The van der Waals surface area contributed by atoms with Crippen LogP contribution in [0.4, 0.5) is 0 Å². The summed E-state index contributed by atoms with van der Waals surface area (Å²) in [4.78, 5) is 0.496. The molecule has 1 heterocycles. The van der Waals surface area contributed by atoms with Crippen molar-refractivity contribution >= 4 is 37.6 Å². The maximum atomic E-state index is 12.2. The Labute approximate surface area is 126 Å². The molecule has 19 heavy (non-hydrogen) atoms. The SMILES string of the molecule is Cn1ncc(Cl)c1S(=O)(=O)NCC1CCCC(Br)C1. The van der Waals surface area contributed by atoms with Gasteiger partial charge in [0.2, 0.25) is 0 Å². The van der Waals surface area contributed by atoms with Gasteiger partial charge in [-0.15, -0.1) is 0 Å². The largest absolute Gasteiger partial charge is 0.259 e. The predicted octanol–water partition coefficient (Wildman–Crippen LogP) is 2.31. The molecule has 5 nitrogen and oxygen atoms in total. The Balaban J connectivity index is 2.02. The van der Waals surface area contributed by atoms with E-state index in [9.17, 15) is 8.42 Å². The van der Waals surface area contributed by atoms with E-state index in [1.165, 1.54) is 10.9 Å². The summed E-state index contributed by atoms with van der Waals surface area (Å²) in [5.41, 5.74) is 0. The van der Waals surface area contributed by atoms with E-state index in [0.29, 0.717) is 17.3 Å². The minimum atomic E-state index is -3.59. The van der Waals surface area contributed by atoms with E-state index in [-0.39, 0.29) is 10.0 Å². The van der Waals surface area contributed by atoms with Crippen LogP contribution in [0.3, 0.4) is 0 Å². The summed E-state index contributed by atoms with van der Waals surface area (Å²) in [5, 5.41) is 4.03. The number of halogens is 2. The van der Waals surface area contributed by atoms with Gasteiger partial charge in [-0.1, -0.05) is 34.0 Å². The van der Waals surface area contributed by atoms with E-state index in [0.717, 1.165) is 25.7 Å². The van der Waals surface area contributed by atoms with Crippen LogP contribution in [-0.4, -0.2) is 29.6 Å². The Morgan fingerprint density at radius 2 is 2.32 bits per heavy atom. The second kappa shape index (κ2) is 6.11. The maximum absolute atomic E-state index is 12.2. The zero-order chi connectivity index (χ0) is 14.0. The van der Waals surface area contributed by atoms with Crippen molar-refractivity contribution in [1.29, 1.82) is 0 Å². The molecule has 0 aromatic carbocycles. The fourth-order valence-electron chi connectivity index (χ4n) is 2.41. The van der Waals surface area contributed by atoms with Gasteiger partial charge in [0, 0.05) is 18.4 Å². The minimum Gasteiger partial charge on any atom is -0.255 e. The molecule has 0 spiro atoms. The number of hydrogen-bond acceptors (Lipinski definition) is 3. The summed E-state index contributed by atoms with van der Waals surface area (Å²) in [7, 11) is -2.03. The molecule has 1 fully saturated rings. The van der Waals surface area contributed by atoms with Crippen LogP contribution >= 0.6 is 27.5 Å². The van der Waals surface area contributed by atoms with Crippen molar-refractivity contribution in [1.82, 2.24) is 14.5 Å². The molecule has 2 atom stereocenters. The van der Waals surface area contributed by atoms with Gasteiger partial charge in [-0.25, -0.2) is 13.1 Å². The van der Waals surface area contributed by atoms with Crippen LogP contribution in [0.5, 0.6) is 0 Å². The van der Waals surface area contributed by atoms with Gasteiger partial charge in [-0.05, 0) is 25.2 Å². The average Bonchev–Trinajstić information content (AvgIpc) is 2.67. The third kappa shape index (κ3) is 3.71. The molecule has 2 unspecified atom stereocenters. The second-order valence-electron chi connectivity index (χ2n) is 4.90. The highest BCUT2D eigenvalue weighted by Crippen LogP contribution is 2.29. The molecule has 108 valence electrons. The molecule has 0 bridgehead atoms. The van der Waals surface area contributed by atoms with Crippen LogP contribution < -0.4 is 4.72 Å². The lowest BCUT2D eigenvalue weighted by Gasteiger charge is -2.25. The number of rotatable bonds is 4. The molecule has 0 amide bonds. The van der Waals surface area contributed by atoms with E-state index >= 15 is 0 Å². The first-order valence-corrected chi connectivity index (χ1v) is 8.99. The normalized spacial score (nSPS) is 24.6. The predicted molar refractivity (Wildman–Crippen MR) is 78.1 cm³/mol. The average molecular weight is 371 g/mol. The summed E-state index contributed by atoms with van der Waals surface area (Å²) < 4.78 is 28.3. The third-order valence-electron chi connectivity index (χ3n) is 3.38. The Morgan fingerprint density at radius 3 is 2.89 bits per heavy atom. The summed E-state index contributed by atoms with van der Waals surface area (Å²) in [5.74, 6) is 0.375.